The summed E-state index contributed by atoms with van der Waals surface area (Å²) in [4.78, 5) is 17.1. The Hall–Kier alpha value is -3.76. The molecular weight excluding hydrogens is 492 g/mol. The third-order valence-electron chi connectivity index (χ3n) is 6.29. The van der Waals surface area contributed by atoms with E-state index in [1.54, 1.807) is 48.4 Å². The highest BCUT2D eigenvalue weighted by molar-refractivity contribution is 7.92. The highest BCUT2D eigenvalue weighted by Crippen LogP contribution is 2.29. The van der Waals surface area contributed by atoms with E-state index in [1.165, 1.54) is 13.2 Å². The molecule has 0 aliphatic carbocycles. The van der Waals surface area contributed by atoms with E-state index in [1.807, 2.05) is 31.3 Å². The van der Waals surface area contributed by atoms with Gasteiger partial charge < -0.3 is 24.6 Å². The average molecular weight is 525 g/mol. The Morgan fingerprint density at radius 3 is 2.41 bits per heavy atom. The van der Waals surface area contributed by atoms with Crippen LogP contribution in [0.5, 0.6) is 11.5 Å². The van der Waals surface area contributed by atoms with Crippen LogP contribution >= 0.6 is 0 Å². The van der Waals surface area contributed by atoms with E-state index in [0.29, 0.717) is 48.1 Å². The number of hydrogen-bond donors (Lipinski definition) is 2. The van der Waals surface area contributed by atoms with E-state index in [4.69, 9.17) is 9.47 Å². The fourth-order valence-electron chi connectivity index (χ4n) is 4.15. The number of carbonyl (C=O) groups is 1. The molecule has 1 aliphatic rings. The van der Waals surface area contributed by atoms with Gasteiger partial charge in [0.15, 0.2) is 0 Å². The minimum atomic E-state index is -4.06. The van der Waals surface area contributed by atoms with Gasteiger partial charge in [-0.2, -0.15) is 0 Å². The number of nitrogens with one attached hydrogen (secondary N) is 2. The Morgan fingerprint density at radius 1 is 0.919 bits per heavy atom. The van der Waals surface area contributed by atoms with Crippen LogP contribution in [0.15, 0.2) is 71.6 Å². The molecule has 0 saturated carbocycles. The molecule has 1 aliphatic heterocycles. The molecular formula is C27H32N4O5S. The standard InChI is InChI=1S/C27H32N4O5S/c1-30-13-15-31(16-14-30)27(32)20-11-12-24(28-19-21-7-4-5-10-25(21)36-3)26(17-20)37(33,34)29-22-8-6-9-23(18-22)35-2/h4-12,17-18,28-29H,13-16,19H2,1-3H3. The summed E-state index contributed by atoms with van der Waals surface area (Å²) in [5.41, 5.74) is 1.91. The minimum absolute atomic E-state index is 0.0230. The summed E-state index contributed by atoms with van der Waals surface area (Å²) in [6, 6.07) is 18.9. The maximum Gasteiger partial charge on any atom is 0.263 e. The predicted molar refractivity (Wildman–Crippen MR) is 144 cm³/mol. The number of nitrogens with zero attached hydrogens (tertiary/aromatic N) is 2. The molecule has 3 aromatic carbocycles. The second-order valence-electron chi connectivity index (χ2n) is 8.81. The van der Waals surface area contributed by atoms with Crippen molar-refractivity contribution in [2.45, 2.75) is 11.4 Å². The van der Waals surface area contributed by atoms with Crippen molar-refractivity contribution in [1.29, 1.82) is 0 Å². The Balaban J connectivity index is 1.67. The molecule has 10 heteroatoms. The van der Waals surface area contributed by atoms with Gasteiger partial charge in [-0.1, -0.05) is 24.3 Å². The van der Waals surface area contributed by atoms with Crippen LogP contribution in [-0.2, 0) is 16.6 Å². The van der Waals surface area contributed by atoms with Crippen molar-refractivity contribution in [3.8, 4) is 11.5 Å². The first-order valence-corrected chi connectivity index (χ1v) is 13.4. The zero-order valence-electron chi connectivity index (χ0n) is 21.2. The molecule has 196 valence electrons. The average Bonchev–Trinajstić information content (AvgIpc) is 2.92. The number of rotatable bonds is 9. The van der Waals surface area contributed by atoms with Crippen LogP contribution in [0.2, 0.25) is 0 Å². The van der Waals surface area contributed by atoms with Gasteiger partial charge in [0.05, 0.1) is 25.6 Å². The number of methoxy groups -OCH3 is 2. The van der Waals surface area contributed by atoms with Crippen molar-refractivity contribution < 1.29 is 22.7 Å². The van der Waals surface area contributed by atoms with Crippen LogP contribution in [0.25, 0.3) is 0 Å². The topological polar surface area (TPSA) is 100 Å². The molecule has 37 heavy (non-hydrogen) atoms. The quantitative estimate of drug-likeness (QED) is 0.442. The second kappa shape index (κ2) is 11.5. The summed E-state index contributed by atoms with van der Waals surface area (Å²) in [6.07, 6.45) is 0. The van der Waals surface area contributed by atoms with Crippen molar-refractivity contribution in [3.05, 3.63) is 77.9 Å². The number of para-hydroxylation sites is 1. The fraction of sp³-hybridized carbons (Fsp3) is 0.296. The monoisotopic (exact) mass is 524 g/mol. The molecule has 1 heterocycles. The predicted octanol–water partition coefficient (Wildman–Crippen LogP) is 3.50. The Kier molecular flexibility index (Phi) is 8.20. The summed E-state index contributed by atoms with van der Waals surface area (Å²) >= 11 is 0. The molecule has 0 bridgehead atoms. The first-order chi connectivity index (χ1) is 17.8. The summed E-state index contributed by atoms with van der Waals surface area (Å²) in [6.45, 7) is 3.05. The van der Waals surface area contributed by atoms with Crippen molar-refractivity contribution >= 4 is 27.3 Å². The Labute approximate surface area is 218 Å². The second-order valence-corrected chi connectivity index (χ2v) is 10.5. The van der Waals surface area contributed by atoms with Gasteiger partial charge >= 0.3 is 0 Å². The molecule has 1 saturated heterocycles. The van der Waals surface area contributed by atoms with Gasteiger partial charge in [-0.3, -0.25) is 9.52 Å². The highest BCUT2D eigenvalue weighted by Gasteiger charge is 2.25. The van der Waals surface area contributed by atoms with Gasteiger partial charge in [0.1, 0.15) is 16.4 Å². The molecule has 3 aromatic rings. The van der Waals surface area contributed by atoms with Crippen molar-refractivity contribution in [2.24, 2.45) is 0 Å². The van der Waals surface area contributed by atoms with Gasteiger partial charge in [-0.25, -0.2) is 8.42 Å². The van der Waals surface area contributed by atoms with Crippen LogP contribution in [0.1, 0.15) is 15.9 Å². The lowest BCUT2D eigenvalue weighted by Gasteiger charge is -2.32. The summed E-state index contributed by atoms with van der Waals surface area (Å²) in [5.74, 6) is 1.02. The largest absolute Gasteiger partial charge is 0.497 e. The van der Waals surface area contributed by atoms with Crippen molar-refractivity contribution in [1.82, 2.24) is 9.80 Å². The van der Waals surface area contributed by atoms with Gasteiger partial charge in [0.25, 0.3) is 15.9 Å². The lowest BCUT2D eigenvalue weighted by Crippen LogP contribution is -2.47. The van der Waals surface area contributed by atoms with Gasteiger partial charge in [0.2, 0.25) is 0 Å². The molecule has 0 aromatic heterocycles. The van der Waals surface area contributed by atoms with E-state index in [9.17, 15) is 13.2 Å². The van der Waals surface area contributed by atoms with E-state index in [-0.39, 0.29) is 10.8 Å². The van der Waals surface area contributed by atoms with E-state index >= 15 is 0 Å². The number of amides is 1. The number of ether oxygens (including phenoxy) is 2. The SMILES string of the molecule is COc1cccc(NS(=O)(=O)c2cc(C(=O)N3CCN(C)CC3)ccc2NCc2ccccc2OC)c1. The molecule has 1 amide bonds. The van der Waals surface area contributed by atoms with E-state index in [2.05, 4.69) is 14.9 Å². The fourth-order valence-corrected chi connectivity index (χ4v) is 5.41. The van der Waals surface area contributed by atoms with E-state index in [0.717, 1.165) is 18.7 Å². The lowest BCUT2D eigenvalue weighted by atomic mass is 10.1. The number of hydrogen-bond acceptors (Lipinski definition) is 7. The van der Waals surface area contributed by atoms with E-state index < -0.39 is 10.0 Å². The molecule has 1 fully saturated rings. The van der Waals surface area contributed by atoms with Crippen LogP contribution in [0, 0.1) is 0 Å². The first kappa shape index (κ1) is 26.3. The van der Waals surface area contributed by atoms with Gasteiger partial charge in [0, 0.05) is 49.9 Å². The van der Waals surface area contributed by atoms with Gasteiger partial charge in [-0.05, 0) is 43.4 Å². The summed E-state index contributed by atoms with van der Waals surface area (Å²) in [5, 5.41) is 3.21. The molecule has 0 spiro atoms. The lowest BCUT2D eigenvalue weighted by molar-refractivity contribution is 0.0664. The zero-order chi connectivity index (χ0) is 26.4. The highest BCUT2D eigenvalue weighted by atomic mass is 32.2. The number of benzene rings is 3. The number of carbonyl (C=O) groups excluding carboxylic acids is 1. The number of likely N-dealkylation sites (N-methyl/N-ethyl adjacent to an activating group) is 1. The maximum atomic E-state index is 13.6. The first-order valence-electron chi connectivity index (χ1n) is 12.0. The number of sulfonamides is 1. The number of anilines is 2. The zero-order valence-corrected chi connectivity index (χ0v) is 22.0. The van der Waals surface area contributed by atoms with Crippen LogP contribution in [-0.4, -0.2) is 71.6 Å². The smallest absolute Gasteiger partial charge is 0.263 e. The molecule has 4 rings (SSSR count). The molecule has 0 atom stereocenters. The molecule has 9 nitrogen and oxygen atoms in total. The normalized spacial score (nSPS) is 14.2. The summed E-state index contributed by atoms with van der Waals surface area (Å²) in [7, 11) is 1.05. The van der Waals surface area contributed by atoms with Crippen LogP contribution in [0.3, 0.4) is 0 Å². The summed E-state index contributed by atoms with van der Waals surface area (Å²) < 4.78 is 40.5. The third kappa shape index (κ3) is 6.33. The van der Waals surface area contributed by atoms with Crippen LogP contribution < -0.4 is 19.5 Å². The maximum absolute atomic E-state index is 13.6. The van der Waals surface area contributed by atoms with Crippen molar-refractivity contribution in [3.63, 3.8) is 0 Å². The minimum Gasteiger partial charge on any atom is -0.497 e. The Morgan fingerprint density at radius 2 is 1.68 bits per heavy atom. The molecule has 0 unspecified atom stereocenters. The van der Waals surface area contributed by atoms with Crippen LogP contribution in [0.4, 0.5) is 11.4 Å². The third-order valence-corrected chi connectivity index (χ3v) is 7.71. The Bertz CT molecular complexity index is 1350. The van der Waals surface area contributed by atoms with Gasteiger partial charge in [-0.15, -0.1) is 0 Å². The molecule has 0 radical (unpaired) electrons. The number of piperazine rings is 1. The van der Waals surface area contributed by atoms with Crippen molar-refractivity contribution in [2.75, 3.05) is 57.5 Å². The molecule has 2 N–H and O–H groups in total.